The van der Waals surface area contributed by atoms with E-state index in [9.17, 15) is 8.42 Å². The minimum Gasteiger partial charge on any atom is -0.470 e. The number of hydrogen-bond donors (Lipinski definition) is 2. The monoisotopic (exact) mass is 325 g/mol. The Morgan fingerprint density at radius 3 is 2.95 bits per heavy atom. The number of aromatic amines is 1. The van der Waals surface area contributed by atoms with Gasteiger partial charge in [-0.1, -0.05) is 0 Å². The number of aromatic nitrogens is 4. The number of anilines is 1. The van der Waals surface area contributed by atoms with Gasteiger partial charge >= 0.3 is 0 Å². The number of nitrogen functional groups attached to an aromatic ring is 1. The summed E-state index contributed by atoms with van der Waals surface area (Å²) in [4.78, 5) is 15.9. The van der Waals surface area contributed by atoms with Crippen molar-refractivity contribution in [3.63, 3.8) is 0 Å². The second-order valence-corrected chi connectivity index (χ2v) is 7.31. The fourth-order valence-corrected chi connectivity index (χ4v) is 3.63. The van der Waals surface area contributed by atoms with Gasteiger partial charge in [0.25, 0.3) is 0 Å². The smallest absolute Gasteiger partial charge is 0.245 e. The van der Waals surface area contributed by atoms with Crippen LogP contribution in [0.25, 0.3) is 11.2 Å². The van der Waals surface area contributed by atoms with Crippen LogP contribution in [0.15, 0.2) is 22.7 Å². The summed E-state index contributed by atoms with van der Waals surface area (Å²) < 4.78 is 28.4. The summed E-state index contributed by atoms with van der Waals surface area (Å²) in [6.07, 6.45) is 2.64. The molecule has 10 heteroatoms. The first-order valence-corrected chi connectivity index (χ1v) is 8.57. The maximum absolute atomic E-state index is 11.4. The Bertz CT molecular complexity index is 900. The third kappa shape index (κ3) is 2.81. The molecule has 3 heterocycles. The number of sulfone groups is 1. The van der Waals surface area contributed by atoms with Crippen LogP contribution in [0, 0.1) is 0 Å². The van der Waals surface area contributed by atoms with Crippen LogP contribution in [0.3, 0.4) is 0 Å². The summed E-state index contributed by atoms with van der Waals surface area (Å²) in [5, 5.41) is 1.58. The molecule has 0 atom stereocenters. The Morgan fingerprint density at radius 2 is 2.24 bits per heavy atom. The Morgan fingerprint density at radius 1 is 1.43 bits per heavy atom. The normalized spacial score (nSPS) is 11.9. The molecule has 0 bridgehead atoms. The van der Waals surface area contributed by atoms with Gasteiger partial charge < -0.3 is 15.5 Å². The number of imidazole rings is 1. The largest absolute Gasteiger partial charge is 0.470 e. The topological polar surface area (TPSA) is 124 Å². The summed E-state index contributed by atoms with van der Waals surface area (Å²) >= 11 is 1.30. The molecule has 0 radical (unpaired) electrons. The predicted molar refractivity (Wildman–Crippen MR) is 77.9 cm³/mol. The highest BCUT2D eigenvalue weighted by Gasteiger charge is 2.13. The van der Waals surface area contributed by atoms with Gasteiger partial charge in [-0.2, -0.15) is 9.97 Å². The average Bonchev–Trinajstić information content (AvgIpc) is 3.03. The molecule has 0 saturated heterocycles. The van der Waals surface area contributed by atoms with E-state index in [1.165, 1.54) is 23.9 Å². The molecule has 0 aliphatic carbocycles. The summed E-state index contributed by atoms with van der Waals surface area (Å²) in [7, 11) is -3.20. The van der Waals surface area contributed by atoms with Gasteiger partial charge in [-0.15, -0.1) is 11.3 Å². The third-order valence-corrected chi connectivity index (χ3v) is 4.83. The number of nitrogens with two attached hydrogens (primary N) is 1. The molecule has 3 aromatic rings. The molecule has 0 unspecified atom stereocenters. The molecule has 3 rings (SSSR count). The van der Waals surface area contributed by atoms with Gasteiger partial charge in [-0.05, 0) is 6.07 Å². The van der Waals surface area contributed by atoms with Gasteiger partial charge in [0.15, 0.2) is 15.5 Å². The Hall–Kier alpha value is -2.20. The van der Waals surface area contributed by atoms with E-state index in [2.05, 4.69) is 19.9 Å². The van der Waals surface area contributed by atoms with Crippen molar-refractivity contribution in [2.24, 2.45) is 0 Å². The number of thiophene rings is 1. The first-order chi connectivity index (χ1) is 9.93. The van der Waals surface area contributed by atoms with Crippen molar-refractivity contribution in [2.45, 2.75) is 11.5 Å². The summed E-state index contributed by atoms with van der Waals surface area (Å²) in [5.74, 6) is 0.344. The lowest BCUT2D eigenvalue weighted by Gasteiger charge is -2.04. The molecule has 21 heavy (non-hydrogen) atoms. The van der Waals surface area contributed by atoms with Crippen molar-refractivity contribution in [1.82, 2.24) is 19.9 Å². The minimum atomic E-state index is -3.20. The number of ether oxygens (including phenoxy) is 1. The zero-order chi connectivity index (χ0) is 15.0. The lowest BCUT2D eigenvalue weighted by atomic mass is 10.5. The van der Waals surface area contributed by atoms with Crippen LogP contribution in [-0.2, 0) is 16.4 Å². The highest BCUT2D eigenvalue weighted by atomic mass is 32.2. The highest BCUT2D eigenvalue weighted by Crippen LogP contribution is 2.24. The average molecular weight is 325 g/mol. The number of rotatable bonds is 4. The van der Waals surface area contributed by atoms with Crippen molar-refractivity contribution in [3.05, 3.63) is 22.7 Å². The Kier molecular flexibility index (Phi) is 3.26. The standard InChI is InChI=1S/C11H11N5O3S2/c1-21(17,18)7-2-6(20-4-7)3-19-10-8-9(14-5-13-8)15-11(12)16-10/h2,4-5H,3H2,1H3,(H3,12,13,14,15,16). The van der Waals surface area contributed by atoms with Gasteiger partial charge in [0, 0.05) is 16.5 Å². The quantitative estimate of drug-likeness (QED) is 0.732. The number of fused-ring (bicyclic) bond motifs is 1. The van der Waals surface area contributed by atoms with Gasteiger partial charge in [0.05, 0.1) is 11.2 Å². The lowest BCUT2D eigenvalue weighted by Crippen LogP contribution is -2.01. The molecule has 0 aliphatic heterocycles. The van der Waals surface area contributed by atoms with E-state index in [4.69, 9.17) is 10.5 Å². The summed E-state index contributed by atoms with van der Waals surface area (Å²) in [6.45, 7) is 0.185. The van der Waals surface area contributed by atoms with E-state index in [1.807, 2.05) is 0 Å². The van der Waals surface area contributed by atoms with E-state index in [1.54, 1.807) is 11.4 Å². The number of nitrogens with zero attached hydrogens (tertiary/aromatic N) is 3. The second-order valence-electron chi connectivity index (χ2n) is 4.30. The molecule has 0 amide bonds. The molecule has 110 valence electrons. The van der Waals surface area contributed by atoms with E-state index in [-0.39, 0.29) is 23.3 Å². The van der Waals surface area contributed by atoms with Crippen LogP contribution < -0.4 is 10.5 Å². The zero-order valence-electron chi connectivity index (χ0n) is 10.9. The number of H-pyrrole nitrogens is 1. The molecular weight excluding hydrogens is 314 g/mol. The minimum absolute atomic E-state index is 0.0626. The molecule has 0 saturated carbocycles. The molecule has 0 fully saturated rings. The van der Waals surface area contributed by atoms with Crippen LogP contribution in [0.1, 0.15) is 4.88 Å². The SMILES string of the molecule is CS(=O)(=O)c1csc(COc2nc(N)nc3nc[nH]c23)c1. The number of nitrogens with one attached hydrogen (secondary N) is 1. The van der Waals surface area contributed by atoms with Gasteiger partial charge in [-0.25, -0.2) is 13.4 Å². The highest BCUT2D eigenvalue weighted by molar-refractivity contribution is 7.90. The van der Waals surface area contributed by atoms with Crippen molar-refractivity contribution in [1.29, 1.82) is 0 Å². The molecule has 8 nitrogen and oxygen atoms in total. The number of hydrogen-bond acceptors (Lipinski definition) is 8. The maximum Gasteiger partial charge on any atom is 0.245 e. The molecule has 0 aromatic carbocycles. The summed E-state index contributed by atoms with van der Waals surface area (Å²) in [6, 6.07) is 1.58. The Balaban J connectivity index is 1.83. The van der Waals surface area contributed by atoms with Crippen molar-refractivity contribution in [3.8, 4) is 5.88 Å². The first kappa shape index (κ1) is 13.8. The molecule has 0 aliphatic rings. The molecule has 3 aromatic heterocycles. The van der Waals surface area contributed by atoms with Gasteiger partial charge in [0.1, 0.15) is 12.1 Å². The maximum atomic E-state index is 11.4. The molecule has 0 spiro atoms. The third-order valence-electron chi connectivity index (χ3n) is 2.68. The zero-order valence-corrected chi connectivity index (χ0v) is 12.5. The van der Waals surface area contributed by atoms with Crippen LogP contribution in [0.4, 0.5) is 5.95 Å². The lowest BCUT2D eigenvalue weighted by molar-refractivity contribution is 0.301. The fourth-order valence-electron chi connectivity index (χ4n) is 1.70. The fraction of sp³-hybridized carbons (Fsp3) is 0.182. The van der Waals surface area contributed by atoms with Crippen LogP contribution in [-0.4, -0.2) is 34.6 Å². The van der Waals surface area contributed by atoms with Crippen molar-refractivity contribution in [2.75, 3.05) is 12.0 Å². The predicted octanol–water partition coefficient (Wildman–Crippen LogP) is 0.979. The van der Waals surface area contributed by atoms with Crippen LogP contribution in [0.5, 0.6) is 5.88 Å². The van der Waals surface area contributed by atoms with E-state index < -0.39 is 9.84 Å². The van der Waals surface area contributed by atoms with Crippen molar-refractivity contribution >= 4 is 38.3 Å². The Labute approximate surface area is 123 Å². The molecule has 3 N–H and O–H groups in total. The second kappa shape index (κ2) is 4.97. The molecular formula is C11H11N5O3S2. The van der Waals surface area contributed by atoms with E-state index in [0.717, 1.165) is 4.88 Å². The van der Waals surface area contributed by atoms with Gasteiger partial charge in [0.2, 0.25) is 11.8 Å². The van der Waals surface area contributed by atoms with Crippen molar-refractivity contribution < 1.29 is 13.2 Å². The first-order valence-electron chi connectivity index (χ1n) is 5.80. The van der Waals surface area contributed by atoms with Gasteiger partial charge in [-0.3, -0.25) is 0 Å². The van der Waals surface area contributed by atoms with Crippen LogP contribution in [0.2, 0.25) is 0 Å². The van der Waals surface area contributed by atoms with E-state index in [0.29, 0.717) is 11.2 Å². The van der Waals surface area contributed by atoms with E-state index >= 15 is 0 Å². The summed E-state index contributed by atoms with van der Waals surface area (Å²) in [5.41, 5.74) is 6.54. The van der Waals surface area contributed by atoms with Crippen LogP contribution >= 0.6 is 11.3 Å².